The van der Waals surface area contributed by atoms with Crippen molar-refractivity contribution >= 4 is 22.6 Å². The first-order chi connectivity index (χ1) is 15.2. The van der Waals surface area contributed by atoms with Gasteiger partial charge >= 0.3 is 0 Å². The Morgan fingerprint density at radius 1 is 1.10 bits per heavy atom. The third-order valence-electron chi connectivity index (χ3n) is 6.63. The lowest BCUT2D eigenvalue weighted by Crippen LogP contribution is -2.35. The number of rotatable bonds is 6. The van der Waals surface area contributed by atoms with Crippen LogP contribution in [-0.2, 0) is 0 Å². The van der Waals surface area contributed by atoms with Crippen molar-refractivity contribution in [3.63, 3.8) is 0 Å². The van der Waals surface area contributed by atoms with Gasteiger partial charge in [0, 0.05) is 42.7 Å². The minimum atomic E-state index is -0.0608. The van der Waals surface area contributed by atoms with Crippen molar-refractivity contribution in [3.05, 3.63) is 47.8 Å². The maximum Gasteiger partial charge on any atom is 0.160 e. The fraction of sp³-hybridized carbons (Fsp3) is 0.500. The minimum absolute atomic E-state index is 0.0429. The number of thioether (sulfide) groups is 1. The Morgan fingerprint density at radius 3 is 2.58 bits per heavy atom. The second-order valence-corrected chi connectivity index (χ2v) is 9.28. The molecule has 0 radical (unpaired) electrons. The number of anilines is 1. The summed E-state index contributed by atoms with van der Waals surface area (Å²) >= 11 is 1.86. The number of hydrogen-bond acceptors (Lipinski definition) is 7. The van der Waals surface area contributed by atoms with E-state index in [1.807, 2.05) is 30.1 Å². The van der Waals surface area contributed by atoms with Crippen LogP contribution in [0.4, 0.5) is 5.69 Å². The Kier molecular flexibility index (Phi) is 5.69. The quantitative estimate of drug-likeness (QED) is 0.653. The normalized spacial score (nSPS) is 25.0. The van der Waals surface area contributed by atoms with E-state index in [1.54, 1.807) is 14.2 Å². The highest BCUT2D eigenvalue weighted by Gasteiger charge is 2.46. The molecule has 0 aliphatic carbocycles. The van der Waals surface area contributed by atoms with Gasteiger partial charge in [-0.25, -0.2) is 0 Å². The minimum Gasteiger partial charge on any atom is -0.496 e. The Morgan fingerprint density at radius 2 is 1.90 bits per heavy atom. The lowest BCUT2D eigenvalue weighted by Gasteiger charge is -2.33. The van der Waals surface area contributed by atoms with Crippen molar-refractivity contribution in [2.24, 2.45) is 4.99 Å². The molecule has 164 valence electrons. The van der Waals surface area contributed by atoms with Gasteiger partial charge in [0.15, 0.2) is 5.17 Å². The van der Waals surface area contributed by atoms with E-state index in [0.29, 0.717) is 6.04 Å². The Labute approximate surface area is 188 Å². The van der Waals surface area contributed by atoms with E-state index in [1.165, 1.54) is 12.8 Å². The number of fused-ring (bicyclic) bond motifs is 1. The van der Waals surface area contributed by atoms with E-state index >= 15 is 0 Å². The average Bonchev–Trinajstić information content (AvgIpc) is 3.55. The summed E-state index contributed by atoms with van der Waals surface area (Å²) in [5, 5.41) is 1.12. The summed E-state index contributed by atoms with van der Waals surface area (Å²) in [6.07, 6.45) is 5.38. The van der Waals surface area contributed by atoms with Crippen LogP contribution in [0.3, 0.4) is 0 Å². The van der Waals surface area contributed by atoms with E-state index in [0.717, 1.165) is 58.9 Å². The molecule has 2 fully saturated rings. The maximum absolute atomic E-state index is 5.97. The molecular weight excluding hydrogens is 408 g/mol. The van der Waals surface area contributed by atoms with Crippen LogP contribution in [0.1, 0.15) is 49.5 Å². The molecule has 1 aromatic carbocycles. The van der Waals surface area contributed by atoms with Gasteiger partial charge in [-0.3, -0.25) is 9.98 Å². The van der Waals surface area contributed by atoms with Crippen molar-refractivity contribution in [1.82, 2.24) is 9.88 Å². The predicted molar refractivity (Wildman–Crippen MR) is 127 cm³/mol. The van der Waals surface area contributed by atoms with E-state index in [9.17, 15) is 0 Å². The van der Waals surface area contributed by atoms with Crippen molar-refractivity contribution in [1.29, 1.82) is 0 Å². The van der Waals surface area contributed by atoms with Crippen LogP contribution < -0.4 is 14.4 Å². The maximum atomic E-state index is 5.97. The summed E-state index contributed by atoms with van der Waals surface area (Å²) in [5.41, 5.74) is 3.24. The van der Waals surface area contributed by atoms with E-state index in [4.69, 9.17) is 14.5 Å². The fourth-order valence-corrected chi connectivity index (χ4v) is 6.37. The van der Waals surface area contributed by atoms with Gasteiger partial charge in [0.25, 0.3) is 0 Å². The number of ether oxygens (including phenoxy) is 2. The largest absolute Gasteiger partial charge is 0.496 e. The fourth-order valence-electron chi connectivity index (χ4n) is 5.03. The van der Waals surface area contributed by atoms with Crippen LogP contribution in [0, 0.1) is 0 Å². The molecule has 4 heterocycles. The smallest absolute Gasteiger partial charge is 0.160 e. The molecule has 3 aliphatic rings. The molecule has 0 amide bonds. The second kappa shape index (κ2) is 8.61. The summed E-state index contributed by atoms with van der Waals surface area (Å²) in [7, 11) is 3.53. The highest BCUT2D eigenvalue weighted by atomic mass is 32.2. The van der Waals surface area contributed by atoms with Gasteiger partial charge in [0.2, 0.25) is 0 Å². The predicted octanol–water partition coefficient (Wildman–Crippen LogP) is 4.68. The van der Waals surface area contributed by atoms with E-state index < -0.39 is 0 Å². The lowest BCUT2D eigenvalue weighted by atomic mass is 9.93. The summed E-state index contributed by atoms with van der Waals surface area (Å²) in [6.45, 7) is 4.38. The third-order valence-corrected chi connectivity index (χ3v) is 7.75. The summed E-state index contributed by atoms with van der Waals surface area (Å²) < 4.78 is 11.9. The topological polar surface area (TPSA) is 50.2 Å². The Bertz CT molecular complexity index is 962. The molecule has 3 atom stereocenters. The van der Waals surface area contributed by atoms with Gasteiger partial charge in [-0.2, -0.15) is 0 Å². The number of hydrogen-bond donors (Lipinski definition) is 0. The lowest BCUT2D eigenvalue weighted by molar-refractivity contribution is 0.248. The van der Waals surface area contributed by atoms with Crippen LogP contribution in [0.5, 0.6) is 11.5 Å². The monoisotopic (exact) mass is 438 g/mol. The van der Waals surface area contributed by atoms with Crippen LogP contribution in [-0.4, -0.2) is 54.2 Å². The van der Waals surface area contributed by atoms with Crippen LogP contribution in [0.15, 0.2) is 41.5 Å². The van der Waals surface area contributed by atoms with E-state index in [-0.39, 0.29) is 12.1 Å². The molecule has 1 aromatic heterocycles. The first kappa shape index (κ1) is 20.5. The molecule has 0 unspecified atom stereocenters. The first-order valence-corrected chi connectivity index (χ1v) is 12.1. The zero-order valence-electron chi connectivity index (χ0n) is 18.5. The molecule has 0 saturated carbocycles. The molecule has 6 nitrogen and oxygen atoms in total. The van der Waals surface area contributed by atoms with Gasteiger partial charge in [-0.15, -0.1) is 0 Å². The zero-order chi connectivity index (χ0) is 21.4. The van der Waals surface area contributed by atoms with Crippen molar-refractivity contribution in [2.45, 2.75) is 44.3 Å². The van der Waals surface area contributed by atoms with Crippen LogP contribution in [0.2, 0.25) is 0 Å². The molecule has 2 aromatic rings. The Balaban J connectivity index is 1.63. The summed E-state index contributed by atoms with van der Waals surface area (Å²) in [5.74, 6) is 2.88. The van der Waals surface area contributed by atoms with Crippen molar-refractivity contribution in [3.8, 4) is 11.5 Å². The van der Waals surface area contributed by atoms with Crippen molar-refractivity contribution in [2.75, 3.05) is 38.0 Å². The second-order valence-electron chi connectivity index (χ2n) is 8.30. The van der Waals surface area contributed by atoms with Gasteiger partial charge in [-0.05, 0) is 37.5 Å². The number of aromatic nitrogens is 1. The summed E-state index contributed by atoms with van der Waals surface area (Å²) in [4.78, 5) is 14.7. The Hall–Kier alpha value is -2.41. The molecule has 0 N–H and O–H groups in total. The summed E-state index contributed by atoms with van der Waals surface area (Å²) in [6, 6.07) is 10.9. The highest BCUT2D eigenvalue weighted by molar-refractivity contribution is 8.14. The number of amidine groups is 1. The number of methoxy groups -OCH3 is 2. The SMILES string of the molecule is CC[C@@H]1CSC2=N[C@H](c3ccccn3)[C@H](c3cc(OC)c(N4CCCC4)cc3OC)N21. The highest BCUT2D eigenvalue weighted by Crippen LogP contribution is 2.52. The van der Waals surface area contributed by atoms with Gasteiger partial charge in [0.05, 0.1) is 31.6 Å². The van der Waals surface area contributed by atoms with Gasteiger partial charge in [0.1, 0.15) is 17.5 Å². The molecule has 31 heavy (non-hydrogen) atoms. The molecule has 0 spiro atoms. The number of pyridine rings is 1. The molecule has 3 aliphatic heterocycles. The van der Waals surface area contributed by atoms with Gasteiger partial charge in [-0.1, -0.05) is 24.8 Å². The van der Waals surface area contributed by atoms with Crippen LogP contribution in [0.25, 0.3) is 0 Å². The molecular formula is C24H30N4O2S. The number of aliphatic imine (C=N–C) groups is 1. The van der Waals surface area contributed by atoms with Crippen LogP contribution >= 0.6 is 11.8 Å². The standard InChI is InChI=1S/C24H30N4O2S/c1-4-16-15-31-24-26-22(18-9-5-6-10-25-18)23(28(16)24)17-13-21(30-3)19(14-20(17)29-2)27-11-7-8-12-27/h5-6,9-10,13-14,16,22-23H,4,7-8,11-12,15H2,1-3H3/t16-,22-,23+/m1/s1. The van der Waals surface area contributed by atoms with Gasteiger partial charge < -0.3 is 19.3 Å². The molecule has 0 bridgehead atoms. The third kappa shape index (κ3) is 3.53. The number of benzene rings is 1. The zero-order valence-corrected chi connectivity index (χ0v) is 19.3. The first-order valence-electron chi connectivity index (χ1n) is 11.2. The van der Waals surface area contributed by atoms with E-state index in [2.05, 4.69) is 39.9 Å². The molecule has 5 rings (SSSR count). The molecule has 7 heteroatoms. The average molecular weight is 439 g/mol. The number of nitrogens with zero attached hydrogens (tertiary/aromatic N) is 4. The molecule has 2 saturated heterocycles. The van der Waals surface area contributed by atoms with Crippen molar-refractivity contribution < 1.29 is 9.47 Å².